The van der Waals surface area contributed by atoms with Gasteiger partial charge < -0.3 is 30.3 Å². The van der Waals surface area contributed by atoms with Crippen LogP contribution in [-0.4, -0.2) is 66.0 Å². The van der Waals surface area contributed by atoms with Crippen LogP contribution in [0.5, 0.6) is 5.75 Å². The van der Waals surface area contributed by atoms with Crippen molar-refractivity contribution in [3.8, 4) is 28.3 Å². The first-order valence-corrected chi connectivity index (χ1v) is 14.5. The third-order valence-electron chi connectivity index (χ3n) is 6.94. The number of nitrogens with one attached hydrogen (secondary N) is 1. The number of rotatable bonds is 9. The van der Waals surface area contributed by atoms with E-state index in [1.807, 2.05) is 49.4 Å². The van der Waals surface area contributed by atoms with Crippen LogP contribution in [0.15, 0.2) is 72.8 Å². The molecule has 2 heterocycles. The average Bonchev–Trinajstić information content (AvgIpc) is 3.64. The van der Waals surface area contributed by atoms with Crippen molar-refractivity contribution in [3.05, 3.63) is 92.6 Å². The van der Waals surface area contributed by atoms with Gasteiger partial charge in [0.1, 0.15) is 5.75 Å². The van der Waals surface area contributed by atoms with Gasteiger partial charge in [0.05, 0.1) is 29.4 Å². The number of aliphatic carboxylic acids is 1. The van der Waals surface area contributed by atoms with E-state index in [-0.39, 0.29) is 4.88 Å². The molecule has 228 valence electrons. The summed E-state index contributed by atoms with van der Waals surface area (Å²) in [4.78, 5) is 24.3. The van der Waals surface area contributed by atoms with Gasteiger partial charge in [0.25, 0.3) is 5.91 Å². The van der Waals surface area contributed by atoms with Crippen molar-refractivity contribution in [2.75, 3.05) is 7.11 Å². The summed E-state index contributed by atoms with van der Waals surface area (Å²) in [7, 11) is 1.60. The number of hydrogen-bond donors (Lipinski definition) is 6. The highest BCUT2D eigenvalue weighted by molar-refractivity contribution is 7.14. The van der Waals surface area contributed by atoms with Gasteiger partial charge in [-0.2, -0.15) is 5.10 Å². The Morgan fingerprint density at radius 3 is 2.23 bits per heavy atom. The lowest BCUT2D eigenvalue weighted by Gasteiger charge is -2.31. The number of carbonyl (C=O) groups is 2. The van der Waals surface area contributed by atoms with Crippen LogP contribution in [0.25, 0.3) is 33.3 Å². The minimum atomic E-state index is -4.06. The zero-order chi connectivity index (χ0) is 32.0. The summed E-state index contributed by atoms with van der Waals surface area (Å²) in [5, 5.41) is 56.9. The number of benzene rings is 3. The number of aromatic nitrogens is 2. The molecule has 0 aliphatic rings. The number of hydrogen-bond acceptors (Lipinski definition) is 9. The summed E-state index contributed by atoms with van der Waals surface area (Å²) in [6, 6.07) is 21.2. The number of amides is 1. The van der Waals surface area contributed by atoms with E-state index in [4.69, 9.17) is 38.1 Å². The maximum atomic E-state index is 12.7. The molecular weight excluding hydrogens is 633 g/mol. The third kappa shape index (κ3) is 6.01. The Labute approximate surface area is 264 Å². The molecule has 1 atom stereocenters. The number of aliphatic hydroxyl groups is 4. The molecule has 3 aromatic carbocycles. The van der Waals surface area contributed by atoms with Crippen LogP contribution in [-0.2, 0) is 4.79 Å². The topological polar surface area (TPSA) is 174 Å². The van der Waals surface area contributed by atoms with E-state index in [0.29, 0.717) is 26.2 Å². The SMILES string of the molecule is COc1ccc2cc(-c3cc(-c4cc(Cl)cc(Cl)c4)nn3C(C)c3ccc(C(=O)NC(O)(O)C(O)(O)C(=O)O)s3)ccc2c1. The minimum absolute atomic E-state index is 0.0595. The highest BCUT2D eigenvalue weighted by Gasteiger charge is 2.56. The molecule has 5 rings (SSSR count). The van der Waals surface area contributed by atoms with E-state index >= 15 is 0 Å². The van der Waals surface area contributed by atoms with Gasteiger partial charge in [0.2, 0.25) is 0 Å². The first-order valence-electron chi connectivity index (χ1n) is 12.9. The summed E-state index contributed by atoms with van der Waals surface area (Å²) in [6.07, 6.45) is 0. The Kier molecular flexibility index (Phi) is 8.44. The highest BCUT2D eigenvalue weighted by atomic mass is 35.5. The smallest absolute Gasteiger partial charge is 0.372 e. The monoisotopic (exact) mass is 657 g/mol. The minimum Gasteiger partial charge on any atom is -0.497 e. The van der Waals surface area contributed by atoms with Crippen molar-refractivity contribution in [2.45, 2.75) is 24.7 Å². The van der Waals surface area contributed by atoms with Crippen molar-refractivity contribution in [1.29, 1.82) is 0 Å². The van der Waals surface area contributed by atoms with Crippen molar-refractivity contribution < 1.29 is 39.9 Å². The van der Waals surface area contributed by atoms with E-state index in [0.717, 1.165) is 39.1 Å². The fourth-order valence-electron chi connectivity index (χ4n) is 4.53. The van der Waals surface area contributed by atoms with Crippen molar-refractivity contribution in [3.63, 3.8) is 0 Å². The van der Waals surface area contributed by atoms with Crippen molar-refractivity contribution in [2.24, 2.45) is 0 Å². The number of carbonyl (C=O) groups excluding carboxylic acids is 1. The molecule has 0 bridgehead atoms. The first kappa shape index (κ1) is 31.4. The third-order valence-corrected chi connectivity index (χ3v) is 8.63. The van der Waals surface area contributed by atoms with Crippen LogP contribution in [0, 0.1) is 0 Å². The molecule has 0 saturated carbocycles. The molecule has 2 aromatic heterocycles. The molecule has 0 fully saturated rings. The highest BCUT2D eigenvalue weighted by Crippen LogP contribution is 2.36. The predicted molar refractivity (Wildman–Crippen MR) is 165 cm³/mol. The van der Waals surface area contributed by atoms with Crippen LogP contribution in [0.2, 0.25) is 10.0 Å². The number of halogens is 2. The Hall–Kier alpha value is -4.01. The first-order chi connectivity index (χ1) is 20.7. The maximum absolute atomic E-state index is 12.7. The molecular formula is C30H25Cl2N3O8S. The fourth-order valence-corrected chi connectivity index (χ4v) is 6.00. The standard InChI is InChI=1S/C30H25Cl2N3O8S/c1-15(25-7-8-26(44-25)27(36)33-30(41,42)29(39,40)28(37)38)35-24(14-23(34-35)19-10-20(31)13-21(32)11-19)18-4-3-17-12-22(43-2)6-5-16(17)9-18/h3-15,39-42H,1-2H3,(H,33,36)(H,37,38). The van der Waals surface area contributed by atoms with Crippen molar-refractivity contribution in [1.82, 2.24) is 15.1 Å². The molecule has 1 amide bonds. The summed E-state index contributed by atoms with van der Waals surface area (Å²) < 4.78 is 7.10. The van der Waals surface area contributed by atoms with Crippen molar-refractivity contribution >= 4 is 57.2 Å². The van der Waals surface area contributed by atoms with E-state index < -0.39 is 29.6 Å². The molecule has 11 nitrogen and oxygen atoms in total. The molecule has 5 aromatic rings. The number of ether oxygens (including phenoxy) is 1. The van der Waals surface area contributed by atoms with Gasteiger partial charge in [-0.15, -0.1) is 11.3 Å². The van der Waals surface area contributed by atoms with Gasteiger partial charge in [0, 0.05) is 26.0 Å². The van der Waals surface area contributed by atoms with Gasteiger partial charge in [-0.3, -0.25) is 14.8 Å². The fraction of sp³-hybridized carbons (Fsp3) is 0.167. The quantitative estimate of drug-likeness (QED) is 0.125. The van der Waals surface area contributed by atoms with Gasteiger partial charge >= 0.3 is 17.7 Å². The van der Waals surface area contributed by atoms with Gasteiger partial charge in [-0.05, 0) is 72.3 Å². The summed E-state index contributed by atoms with van der Waals surface area (Å²) >= 11 is 13.5. The van der Waals surface area contributed by atoms with Gasteiger partial charge in [-0.1, -0.05) is 41.4 Å². The van der Waals surface area contributed by atoms with Gasteiger partial charge in [0.15, 0.2) is 0 Å². The number of methoxy groups -OCH3 is 1. The molecule has 0 saturated heterocycles. The molecule has 0 radical (unpaired) electrons. The van der Waals surface area contributed by atoms with E-state index in [9.17, 15) is 30.0 Å². The second-order valence-corrected chi connectivity index (χ2v) is 11.9. The predicted octanol–water partition coefficient (Wildman–Crippen LogP) is 4.49. The lowest BCUT2D eigenvalue weighted by atomic mass is 10.0. The van der Waals surface area contributed by atoms with Crippen LogP contribution in [0.1, 0.15) is 27.5 Å². The number of nitrogens with zero attached hydrogens (tertiary/aromatic N) is 2. The number of fused-ring (bicyclic) bond motifs is 1. The number of carboxylic acid groups (broad SMARTS) is 1. The Bertz CT molecular complexity index is 1880. The Balaban J connectivity index is 1.54. The largest absolute Gasteiger partial charge is 0.497 e. The molecule has 0 spiro atoms. The maximum Gasteiger partial charge on any atom is 0.372 e. The average molecular weight is 659 g/mol. The number of thiophene rings is 1. The van der Waals surface area contributed by atoms with E-state index in [1.165, 1.54) is 11.4 Å². The Morgan fingerprint density at radius 1 is 0.909 bits per heavy atom. The second-order valence-electron chi connectivity index (χ2n) is 9.93. The number of carboxylic acids is 1. The summed E-state index contributed by atoms with van der Waals surface area (Å²) in [6.45, 7) is 1.85. The second kappa shape index (κ2) is 11.8. The van der Waals surface area contributed by atoms with E-state index in [2.05, 4.69) is 0 Å². The van der Waals surface area contributed by atoms with Crippen LogP contribution < -0.4 is 10.1 Å². The molecule has 14 heteroatoms. The molecule has 1 unspecified atom stereocenters. The Morgan fingerprint density at radius 2 is 1.57 bits per heavy atom. The zero-order valence-corrected chi connectivity index (χ0v) is 25.4. The van der Waals surface area contributed by atoms with Crippen LogP contribution >= 0.6 is 34.5 Å². The van der Waals surface area contributed by atoms with Crippen LogP contribution in [0.4, 0.5) is 0 Å². The molecule has 0 aliphatic heterocycles. The summed E-state index contributed by atoms with van der Waals surface area (Å²) in [5.41, 5.74) is 2.85. The van der Waals surface area contributed by atoms with Gasteiger partial charge in [-0.25, -0.2) is 4.79 Å². The molecule has 44 heavy (non-hydrogen) atoms. The molecule has 6 N–H and O–H groups in total. The van der Waals surface area contributed by atoms with Crippen LogP contribution in [0.3, 0.4) is 0 Å². The normalized spacial score (nSPS) is 12.7. The summed E-state index contributed by atoms with van der Waals surface area (Å²) in [5.74, 6) is -10.7. The zero-order valence-electron chi connectivity index (χ0n) is 23.0. The lowest BCUT2D eigenvalue weighted by Crippen LogP contribution is -2.68. The molecule has 0 aliphatic carbocycles. The lowest BCUT2D eigenvalue weighted by molar-refractivity contribution is -0.351. The van der Waals surface area contributed by atoms with E-state index in [1.54, 1.807) is 36.1 Å².